The molecule has 0 spiro atoms. The molecule has 2 aromatic rings. The smallest absolute Gasteiger partial charge is 0.416 e. The van der Waals surface area contributed by atoms with Gasteiger partial charge in [-0.05, 0) is 36.6 Å². The van der Waals surface area contributed by atoms with Crippen LogP contribution in [0.4, 0.5) is 18.0 Å². The van der Waals surface area contributed by atoms with Crippen LogP contribution < -0.4 is 0 Å². The number of rotatable bonds is 4. The van der Waals surface area contributed by atoms with Gasteiger partial charge in [-0.25, -0.2) is 14.8 Å². The number of benzene rings is 1. The molecule has 0 atom stereocenters. The number of carboxylic acid groups (broad SMARTS) is 1. The predicted octanol–water partition coefficient (Wildman–Crippen LogP) is 4.71. The monoisotopic (exact) mass is 404 g/mol. The van der Waals surface area contributed by atoms with Crippen LogP contribution in [-0.2, 0) is 18.3 Å². The second-order valence-electron chi connectivity index (χ2n) is 7.03. The van der Waals surface area contributed by atoms with Crippen molar-refractivity contribution in [1.82, 2.24) is 14.9 Å². The molecule has 1 aromatic carbocycles. The molecule has 1 saturated carbocycles. The topological polar surface area (TPSA) is 90.1 Å². The summed E-state index contributed by atoms with van der Waals surface area (Å²) in [5.74, 6) is -0.0488. The maximum absolute atomic E-state index is 12.8. The van der Waals surface area contributed by atoms with Gasteiger partial charge in [-0.3, -0.25) is 4.90 Å². The van der Waals surface area contributed by atoms with Gasteiger partial charge in [-0.1, -0.05) is 31.4 Å². The quantitative estimate of drug-likeness (QED) is 0.797. The lowest BCUT2D eigenvalue weighted by molar-refractivity contribution is -0.137. The minimum Gasteiger partial charge on any atom is -0.465 e. The molecule has 0 unspecified atom stereocenters. The summed E-state index contributed by atoms with van der Waals surface area (Å²) in [5, 5.41) is 19.1. The average Bonchev–Trinajstić information content (AvgIpc) is 2.72. The molecule has 1 fully saturated rings. The molecule has 1 aliphatic rings. The zero-order chi connectivity index (χ0) is 21.1. The summed E-state index contributed by atoms with van der Waals surface area (Å²) in [5.41, 5.74) is -0.857. The summed E-state index contributed by atoms with van der Waals surface area (Å²) in [7, 11) is 0. The average molecular weight is 404 g/mol. The van der Waals surface area contributed by atoms with E-state index >= 15 is 0 Å². The highest BCUT2D eigenvalue weighted by molar-refractivity contribution is 5.66. The van der Waals surface area contributed by atoms with Gasteiger partial charge >= 0.3 is 12.3 Å². The largest absolute Gasteiger partial charge is 0.465 e. The van der Waals surface area contributed by atoms with Gasteiger partial charge in [-0.2, -0.15) is 18.4 Å². The van der Waals surface area contributed by atoms with E-state index in [1.54, 1.807) is 6.07 Å². The summed E-state index contributed by atoms with van der Waals surface area (Å²) in [4.78, 5) is 21.5. The Hall–Kier alpha value is -3.15. The molecule has 0 aliphatic heterocycles. The van der Waals surface area contributed by atoms with E-state index in [-0.39, 0.29) is 12.4 Å². The molecule has 1 aromatic heterocycles. The van der Waals surface area contributed by atoms with Crippen molar-refractivity contribution in [2.24, 2.45) is 0 Å². The highest BCUT2D eigenvalue weighted by Gasteiger charge is 2.44. The first-order chi connectivity index (χ1) is 13.8. The van der Waals surface area contributed by atoms with Crippen LogP contribution in [-0.4, -0.2) is 26.1 Å². The van der Waals surface area contributed by atoms with Gasteiger partial charge in [0.1, 0.15) is 6.07 Å². The molecule has 6 nitrogen and oxygen atoms in total. The number of alkyl halides is 3. The number of hydrogen-bond donors (Lipinski definition) is 1. The summed E-state index contributed by atoms with van der Waals surface area (Å²) >= 11 is 0. The van der Waals surface area contributed by atoms with Gasteiger partial charge in [0.2, 0.25) is 5.82 Å². The molecule has 9 heteroatoms. The fraction of sp³-hybridized carbons (Fsp3) is 0.400. The third kappa shape index (κ3) is 4.31. The number of halogens is 3. The molecule has 0 bridgehead atoms. The van der Waals surface area contributed by atoms with Crippen molar-refractivity contribution >= 4 is 6.09 Å². The second-order valence-corrected chi connectivity index (χ2v) is 7.03. The lowest BCUT2D eigenvalue weighted by Crippen LogP contribution is -2.50. The SMILES string of the molecule is N#Cc1nccc(C2(N(Cc3ccc(C(F)(F)F)cc3)C(=O)O)CCCCC2)n1. The molecule has 0 saturated heterocycles. The summed E-state index contributed by atoms with van der Waals surface area (Å²) in [6, 6.07) is 7.94. The normalized spacial score (nSPS) is 16.1. The van der Waals surface area contributed by atoms with Crippen LogP contribution >= 0.6 is 0 Å². The fourth-order valence-corrected chi connectivity index (χ4v) is 3.86. The highest BCUT2D eigenvalue weighted by atomic mass is 19.4. The number of nitriles is 1. The first-order valence-electron chi connectivity index (χ1n) is 9.16. The third-order valence-electron chi connectivity index (χ3n) is 5.28. The Labute approximate surface area is 165 Å². The predicted molar refractivity (Wildman–Crippen MR) is 96.5 cm³/mol. The van der Waals surface area contributed by atoms with Crippen LogP contribution in [0.15, 0.2) is 36.5 Å². The van der Waals surface area contributed by atoms with E-state index in [2.05, 4.69) is 9.97 Å². The van der Waals surface area contributed by atoms with Gasteiger partial charge in [-0.15, -0.1) is 0 Å². The van der Waals surface area contributed by atoms with Gasteiger partial charge in [0, 0.05) is 12.7 Å². The minimum absolute atomic E-state index is 0.0488. The maximum Gasteiger partial charge on any atom is 0.416 e. The molecular formula is C20H19F3N4O2. The van der Waals surface area contributed by atoms with E-state index in [0.29, 0.717) is 24.1 Å². The van der Waals surface area contributed by atoms with Gasteiger partial charge in [0.05, 0.1) is 16.8 Å². The van der Waals surface area contributed by atoms with E-state index in [4.69, 9.17) is 5.26 Å². The summed E-state index contributed by atoms with van der Waals surface area (Å²) in [6.45, 7) is -0.0840. The molecule has 3 rings (SSSR count). The zero-order valence-electron chi connectivity index (χ0n) is 15.5. The Morgan fingerprint density at radius 1 is 1.17 bits per heavy atom. The molecular weight excluding hydrogens is 385 g/mol. The van der Waals surface area contributed by atoms with Gasteiger partial charge < -0.3 is 5.11 Å². The Morgan fingerprint density at radius 2 is 1.83 bits per heavy atom. The first kappa shape index (κ1) is 20.6. The van der Waals surface area contributed by atoms with Crippen molar-refractivity contribution in [1.29, 1.82) is 5.26 Å². The highest BCUT2D eigenvalue weighted by Crippen LogP contribution is 2.42. The van der Waals surface area contributed by atoms with E-state index in [0.717, 1.165) is 31.4 Å². The molecule has 152 valence electrons. The molecule has 1 aliphatic carbocycles. The Bertz CT molecular complexity index is 917. The maximum atomic E-state index is 12.8. The fourth-order valence-electron chi connectivity index (χ4n) is 3.86. The molecule has 29 heavy (non-hydrogen) atoms. The number of nitrogens with zero attached hydrogens (tertiary/aromatic N) is 4. The van der Waals surface area contributed by atoms with Crippen molar-refractivity contribution in [3.63, 3.8) is 0 Å². The summed E-state index contributed by atoms with van der Waals surface area (Å²) < 4.78 is 38.4. The van der Waals surface area contributed by atoms with E-state index in [1.807, 2.05) is 6.07 Å². The number of hydrogen-bond acceptors (Lipinski definition) is 4. The Kier molecular flexibility index (Phi) is 5.73. The van der Waals surface area contributed by atoms with Crippen molar-refractivity contribution < 1.29 is 23.1 Å². The van der Waals surface area contributed by atoms with Crippen LogP contribution in [0.25, 0.3) is 0 Å². The zero-order valence-corrected chi connectivity index (χ0v) is 15.5. The van der Waals surface area contributed by atoms with Gasteiger partial charge in [0.25, 0.3) is 0 Å². The summed E-state index contributed by atoms with van der Waals surface area (Å²) in [6.07, 6.45) is -0.677. The molecule has 1 heterocycles. The van der Waals surface area contributed by atoms with Crippen molar-refractivity contribution in [3.8, 4) is 6.07 Å². The number of aromatic nitrogens is 2. The van der Waals surface area contributed by atoms with E-state index in [9.17, 15) is 23.1 Å². The minimum atomic E-state index is -4.45. The Balaban J connectivity index is 1.99. The van der Waals surface area contributed by atoms with Crippen LogP contribution in [0.5, 0.6) is 0 Å². The first-order valence-corrected chi connectivity index (χ1v) is 9.16. The molecule has 0 radical (unpaired) electrons. The lowest BCUT2D eigenvalue weighted by atomic mass is 9.77. The molecule has 1 N–H and O–H groups in total. The number of carbonyl (C=O) groups is 1. The van der Waals surface area contributed by atoms with Gasteiger partial charge in [0.15, 0.2) is 0 Å². The third-order valence-corrected chi connectivity index (χ3v) is 5.28. The standard InChI is InChI=1S/C20H19F3N4O2/c21-20(22,23)15-6-4-14(5-7-15)13-27(18(28)29)19(9-2-1-3-10-19)16-8-11-25-17(12-24)26-16/h4-8,11H,1-3,9-10,13H2,(H,28,29). The number of amides is 1. The molecule has 1 amide bonds. The van der Waals surface area contributed by atoms with Crippen LogP contribution in [0.1, 0.15) is 54.7 Å². The Morgan fingerprint density at radius 3 is 2.38 bits per heavy atom. The second kappa shape index (κ2) is 8.07. The van der Waals surface area contributed by atoms with Crippen LogP contribution in [0, 0.1) is 11.3 Å². The van der Waals surface area contributed by atoms with Crippen molar-refractivity contribution in [3.05, 3.63) is 59.2 Å². The van der Waals surface area contributed by atoms with Crippen molar-refractivity contribution in [2.45, 2.75) is 50.4 Å². The van der Waals surface area contributed by atoms with Crippen molar-refractivity contribution in [2.75, 3.05) is 0 Å². The van der Waals surface area contributed by atoms with E-state index in [1.165, 1.54) is 23.2 Å². The van der Waals surface area contributed by atoms with Crippen LogP contribution in [0.3, 0.4) is 0 Å². The lowest BCUT2D eigenvalue weighted by Gasteiger charge is -2.44. The van der Waals surface area contributed by atoms with Crippen LogP contribution in [0.2, 0.25) is 0 Å². The van der Waals surface area contributed by atoms with E-state index < -0.39 is 23.4 Å².